The van der Waals surface area contributed by atoms with Crippen LogP contribution in [0, 0.1) is 11.6 Å². The van der Waals surface area contributed by atoms with Crippen molar-refractivity contribution in [3.8, 4) is 5.75 Å². The summed E-state index contributed by atoms with van der Waals surface area (Å²) in [6.45, 7) is 0.401. The van der Waals surface area contributed by atoms with Crippen LogP contribution in [0.2, 0.25) is 5.02 Å². The second-order valence-corrected chi connectivity index (χ2v) is 8.32. The lowest BCUT2D eigenvalue weighted by Crippen LogP contribution is -2.43. The second kappa shape index (κ2) is 8.41. The number of fused-ring (bicyclic) bond motifs is 3. The minimum atomic E-state index is -0.831. The van der Waals surface area contributed by atoms with Gasteiger partial charge in [0.1, 0.15) is 17.4 Å². The largest absolute Gasteiger partial charge is 0.497 e. The number of hydrogen-bond donors (Lipinski definition) is 2. The molecule has 168 valence electrons. The molecule has 4 aromatic rings. The number of anilines is 1. The van der Waals surface area contributed by atoms with E-state index in [-0.39, 0.29) is 5.69 Å². The number of halogens is 3. The third kappa shape index (κ3) is 3.89. The molecule has 0 fully saturated rings. The smallest absolute Gasteiger partial charge is 0.322 e. The van der Waals surface area contributed by atoms with Gasteiger partial charge in [0, 0.05) is 34.2 Å². The highest BCUT2D eigenvalue weighted by Crippen LogP contribution is 2.39. The number of rotatable bonds is 3. The molecule has 0 spiro atoms. The van der Waals surface area contributed by atoms with Crippen molar-refractivity contribution in [2.75, 3.05) is 19.0 Å². The van der Waals surface area contributed by atoms with E-state index in [0.29, 0.717) is 23.7 Å². The molecule has 0 bridgehead atoms. The van der Waals surface area contributed by atoms with Crippen LogP contribution in [0.4, 0.5) is 19.3 Å². The van der Waals surface area contributed by atoms with E-state index in [9.17, 15) is 13.6 Å². The van der Waals surface area contributed by atoms with Crippen LogP contribution in [-0.2, 0) is 6.42 Å². The molecule has 0 saturated carbocycles. The number of ether oxygens (including phenoxy) is 1. The third-order valence-corrected chi connectivity index (χ3v) is 6.19. The Labute approximate surface area is 193 Å². The van der Waals surface area contributed by atoms with Crippen molar-refractivity contribution in [1.82, 2.24) is 9.88 Å². The number of methoxy groups -OCH3 is 1. The molecule has 33 heavy (non-hydrogen) atoms. The van der Waals surface area contributed by atoms with Crippen molar-refractivity contribution in [2.24, 2.45) is 0 Å². The zero-order valence-corrected chi connectivity index (χ0v) is 18.4. The van der Waals surface area contributed by atoms with Crippen LogP contribution in [-0.4, -0.2) is 29.6 Å². The highest BCUT2D eigenvalue weighted by atomic mass is 35.5. The first-order valence-electron chi connectivity index (χ1n) is 10.4. The number of hydrogen-bond acceptors (Lipinski definition) is 2. The summed E-state index contributed by atoms with van der Waals surface area (Å²) in [6, 6.07) is 15.2. The van der Waals surface area contributed by atoms with Gasteiger partial charge in [-0.05, 0) is 60.0 Å². The first kappa shape index (κ1) is 21.3. The zero-order valence-electron chi connectivity index (χ0n) is 17.7. The van der Waals surface area contributed by atoms with E-state index in [1.165, 1.54) is 6.07 Å². The minimum Gasteiger partial charge on any atom is -0.497 e. The van der Waals surface area contributed by atoms with Crippen LogP contribution in [0.3, 0.4) is 0 Å². The maximum atomic E-state index is 14.2. The number of benzene rings is 3. The fraction of sp³-hybridized carbons (Fsp3) is 0.160. The molecular formula is C25H20ClF2N3O2. The van der Waals surface area contributed by atoms with Crippen LogP contribution in [0.5, 0.6) is 5.75 Å². The molecule has 1 aliphatic rings. The third-order valence-electron chi connectivity index (χ3n) is 5.95. The van der Waals surface area contributed by atoms with Gasteiger partial charge in [-0.15, -0.1) is 0 Å². The number of H-pyrrole nitrogens is 1. The first-order valence-corrected chi connectivity index (χ1v) is 10.8. The predicted molar refractivity (Wildman–Crippen MR) is 124 cm³/mol. The molecule has 0 saturated heterocycles. The van der Waals surface area contributed by atoms with Crippen molar-refractivity contribution in [1.29, 1.82) is 0 Å². The Hall–Kier alpha value is -3.58. The summed E-state index contributed by atoms with van der Waals surface area (Å²) in [5.41, 5.74) is 3.67. The summed E-state index contributed by atoms with van der Waals surface area (Å²) in [5, 5.41) is 4.24. The number of urea groups is 1. The van der Waals surface area contributed by atoms with Crippen LogP contribution >= 0.6 is 11.6 Å². The summed E-state index contributed by atoms with van der Waals surface area (Å²) in [5.74, 6) is -0.842. The lowest BCUT2D eigenvalue weighted by Gasteiger charge is -2.36. The van der Waals surface area contributed by atoms with Crippen molar-refractivity contribution in [2.45, 2.75) is 12.5 Å². The SMILES string of the molecule is COc1ccc([C@H]2c3[nH]c4ccc(Cl)cc4c3CCN2C(=O)Nc2ccc(F)cc2F)cc1. The van der Waals surface area contributed by atoms with Gasteiger partial charge in [-0.2, -0.15) is 0 Å². The van der Waals surface area contributed by atoms with E-state index in [0.717, 1.165) is 39.9 Å². The Kier molecular flexibility index (Phi) is 5.42. The number of aromatic nitrogens is 1. The molecule has 0 unspecified atom stereocenters. The van der Waals surface area contributed by atoms with Gasteiger partial charge in [0.15, 0.2) is 0 Å². The van der Waals surface area contributed by atoms with E-state index < -0.39 is 23.7 Å². The number of carbonyl (C=O) groups is 1. The van der Waals surface area contributed by atoms with E-state index in [1.807, 2.05) is 42.5 Å². The van der Waals surface area contributed by atoms with Crippen molar-refractivity contribution >= 4 is 34.2 Å². The van der Waals surface area contributed by atoms with Crippen LogP contribution in [0.15, 0.2) is 60.7 Å². The normalized spacial score (nSPS) is 15.4. The minimum absolute atomic E-state index is 0.0795. The van der Waals surface area contributed by atoms with Crippen molar-refractivity contribution in [3.05, 3.63) is 94.1 Å². The number of aromatic amines is 1. The Bertz CT molecular complexity index is 1350. The number of amides is 2. The number of carbonyl (C=O) groups excluding carboxylic acids is 1. The Morgan fingerprint density at radius 1 is 1.12 bits per heavy atom. The standard InChI is InChI=1S/C25H20ClF2N3O2/c1-33-17-6-2-14(3-7-17)24-23-18(19-12-15(26)4-8-21(19)29-23)10-11-31(24)25(32)30-22-9-5-16(27)13-20(22)28/h2-9,12-13,24,29H,10-11H2,1H3,(H,30,32)/t24-/m0/s1. The van der Waals surface area contributed by atoms with Crippen molar-refractivity contribution in [3.63, 3.8) is 0 Å². The van der Waals surface area contributed by atoms with E-state index in [2.05, 4.69) is 10.3 Å². The summed E-state index contributed by atoms with van der Waals surface area (Å²) in [7, 11) is 1.59. The molecule has 1 aromatic heterocycles. The second-order valence-electron chi connectivity index (χ2n) is 7.88. The Morgan fingerprint density at radius 3 is 2.64 bits per heavy atom. The average molecular weight is 468 g/mol. The monoisotopic (exact) mass is 467 g/mol. The summed E-state index contributed by atoms with van der Waals surface area (Å²) < 4.78 is 32.8. The van der Waals surface area contributed by atoms with E-state index >= 15 is 0 Å². The van der Waals surface area contributed by atoms with Crippen LogP contribution in [0.25, 0.3) is 10.9 Å². The predicted octanol–water partition coefficient (Wildman–Crippen LogP) is 6.29. The molecule has 5 nitrogen and oxygen atoms in total. The Balaban J connectivity index is 1.58. The summed E-state index contributed by atoms with van der Waals surface area (Å²) in [6.07, 6.45) is 0.599. The quantitative estimate of drug-likeness (QED) is 0.372. The zero-order chi connectivity index (χ0) is 23.1. The van der Waals surface area contributed by atoms with Gasteiger partial charge in [0.2, 0.25) is 0 Å². The molecule has 1 atom stereocenters. The highest BCUT2D eigenvalue weighted by molar-refractivity contribution is 6.31. The highest BCUT2D eigenvalue weighted by Gasteiger charge is 2.35. The first-order chi connectivity index (χ1) is 15.9. The fourth-order valence-electron chi connectivity index (χ4n) is 4.39. The van der Waals surface area contributed by atoms with Gasteiger partial charge >= 0.3 is 6.03 Å². The lowest BCUT2D eigenvalue weighted by atomic mass is 9.92. The fourth-order valence-corrected chi connectivity index (χ4v) is 4.56. The van der Waals surface area contributed by atoms with Gasteiger partial charge in [0.05, 0.1) is 18.8 Å². The topological polar surface area (TPSA) is 57.4 Å². The van der Waals surface area contributed by atoms with Crippen LogP contribution in [0.1, 0.15) is 22.9 Å². The maximum Gasteiger partial charge on any atom is 0.322 e. The molecule has 5 rings (SSSR count). The molecule has 1 aliphatic heterocycles. The van der Waals surface area contributed by atoms with Crippen LogP contribution < -0.4 is 10.1 Å². The molecule has 3 aromatic carbocycles. The molecule has 8 heteroatoms. The number of nitrogens with one attached hydrogen (secondary N) is 2. The maximum absolute atomic E-state index is 14.2. The Morgan fingerprint density at radius 2 is 1.91 bits per heavy atom. The van der Waals surface area contributed by atoms with E-state index in [4.69, 9.17) is 16.3 Å². The molecule has 2 amide bonds. The van der Waals surface area contributed by atoms with Gasteiger partial charge in [-0.3, -0.25) is 0 Å². The van der Waals surface area contributed by atoms with Gasteiger partial charge in [0.25, 0.3) is 0 Å². The summed E-state index contributed by atoms with van der Waals surface area (Å²) in [4.78, 5) is 18.4. The summed E-state index contributed by atoms with van der Waals surface area (Å²) >= 11 is 6.24. The molecule has 2 heterocycles. The molecular weight excluding hydrogens is 448 g/mol. The lowest BCUT2D eigenvalue weighted by molar-refractivity contribution is 0.193. The van der Waals surface area contributed by atoms with E-state index in [1.54, 1.807) is 12.0 Å². The van der Waals surface area contributed by atoms with Gasteiger partial charge < -0.3 is 19.9 Å². The van der Waals surface area contributed by atoms with Gasteiger partial charge in [-0.1, -0.05) is 23.7 Å². The molecule has 0 radical (unpaired) electrons. The van der Waals surface area contributed by atoms with Gasteiger partial charge in [-0.25, -0.2) is 13.6 Å². The molecule has 2 N–H and O–H groups in total. The number of nitrogens with zero attached hydrogens (tertiary/aromatic N) is 1. The molecule has 0 aliphatic carbocycles. The van der Waals surface area contributed by atoms with Crippen molar-refractivity contribution < 1.29 is 18.3 Å². The average Bonchev–Trinajstić information content (AvgIpc) is 3.18.